The molecule has 0 bridgehead atoms. The fourth-order valence-electron chi connectivity index (χ4n) is 5.43. The molecule has 1 aliphatic carbocycles. The molecule has 1 aliphatic heterocycles. The molecule has 0 spiro atoms. The fourth-order valence-corrected chi connectivity index (χ4v) is 5.43. The van der Waals surface area contributed by atoms with Crippen LogP contribution in [0.1, 0.15) is 31.5 Å². The number of fused-ring (bicyclic) bond motifs is 2. The minimum Gasteiger partial charge on any atom is -0.491 e. The summed E-state index contributed by atoms with van der Waals surface area (Å²) >= 11 is 0. The van der Waals surface area contributed by atoms with Gasteiger partial charge in [0, 0.05) is 36.5 Å². The number of nitrogen functional groups attached to an aromatic ring is 1. The van der Waals surface area contributed by atoms with Gasteiger partial charge in [-0.2, -0.15) is 5.10 Å². The summed E-state index contributed by atoms with van der Waals surface area (Å²) < 4.78 is 15.8. The highest BCUT2D eigenvalue weighted by Gasteiger charge is 2.45. The summed E-state index contributed by atoms with van der Waals surface area (Å²) in [4.78, 5) is 13.2. The van der Waals surface area contributed by atoms with Crippen LogP contribution < -0.4 is 15.8 Å². The number of pyridine rings is 1. The molecule has 2 aliphatic rings. The SMILES string of the molecule is CNc1ccc2ccc(OC[C@H]3O[C@@H](n4cc(-c5ccn(C6CCC6)n5)c5c(N)ncnc54)[C@H](O)[C@@H]3O)cc2n1. The number of hydrogen-bond acceptors (Lipinski definition) is 10. The number of rotatable bonds is 7. The Kier molecular flexibility index (Phi) is 6.02. The average Bonchev–Trinajstić information content (AvgIpc) is 3.63. The monoisotopic (exact) mass is 542 g/mol. The molecule has 2 fully saturated rings. The minimum atomic E-state index is -1.22. The number of aliphatic hydroxyl groups excluding tert-OH is 2. The molecule has 40 heavy (non-hydrogen) atoms. The van der Waals surface area contributed by atoms with E-state index in [9.17, 15) is 10.2 Å². The summed E-state index contributed by atoms with van der Waals surface area (Å²) in [7, 11) is 1.81. The van der Waals surface area contributed by atoms with Gasteiger partial charge in [-0.25, -0.2) is 15.0 Å². The van der Waals surface area contributed by atoms with Crippen molar-refractivity contribution in [1.29, 1.82) is 0 Å². The highest BCUT2D eigenvalue weighted by molar-refractivity contribution is 5.99. The highest BCUT2D eigenvalue weighted by atomic mass is 16.6. The maximum absolute atomic E-state index is 11.0. The number of benzene rings is 1. The van der Waals surface area contributed by atoms with Gasteiger partial charge >= 0.3 is 0 Å². The Hall–Kier alpha value is -4.26. The quantitative estimate of drug-likeness (QED) is 0.241. The summed E-state index contributed by atoms with van der Waals surface area (Å²) in [6.45, 7) is 0.0287. The van der Waals surface area contributed by atoms with Crippen LogP contribution in [0.2, 0.25) is 0 Å². The second-order valence-corrected chi connectivity index (χ2v) is 10.3. The zero-order chi connectivity index (χ0) is 27.4. The van der Waals surface area contributed by atoms with E-state index < -0.39 is 24.5 Å². The first-order valence-electron chi connectivity index (χ1n) is 13.4. The summed E-state index contributed by atoms with van der Waals surface area (Å²) in [5.41, 5.74) is 9.02. The number of ether oxygens (including phenoxy) is 2. The molecule has 0 amide bonds. The van der Waals surface area contributed by atoms with Crippen molar-refractivity contribution >= 4 is 33.6 Å². The molecule has 0 radical (unpaired) electrons. The molecule has 5 N–H and O–H groups in total. The molecule has 12 nitrogen and oxygen atoms in total. The highest BCUT2D eigenvalue weighted by Crippen LogP contribution is 2.39. The van der Waals surface area contributed by atoms with Gasteiger partial charge in [0.1, 0.15) is 54.3 Å². The van der Waals surface area contributed by atoms with Gasteiger partial charge in [-0.15, -0.1) is 0 Å². The van der Waals surface area contributed by atoms with E-state index in [1.807, 2.05) is 54.3 Å². The Balaban J connectivity index is 1.15. The van der Waals surface area contributed by atoms with E-state index in [0.29, 0.717) is 28.6 Å². The molecule has 206 valence electrons. The zero-order valence-corrected chi connectivity index (χ0v) is 21.9. The van der Waals surface area contributed by atoms with Crippen molar-refractivity contribution in [3.63, 3.8) is 0 Å². The number of nitrogens with one attached hydrogen (secondary N) is 1. The lowest BCUT2D eigenvalue weighted by Crippen LogP contribution is -2.34. The van der Waals surface area contributed by atoms with Crippen LogP contribution in [0.4, 0.5) is 11.6 Å². The predicted molar refractivity (Wildman–Crippen MR) is 149 cm³/mol. The molecule has 1 saturated heterocycles. The van der Waals surface area contributed by atoms with Gasteiger partial charge in [0.05, 0.1) is 22.6 Å². The first-order chi connectivity index (χ1) is 19.5. The first kappa shape index (κ1) is 24.8. The van der Waals surface area contributed by atoms with Gasteiger partial charge in [-0.3, -0.25) is 4.68 Å². The summed E-state index contributed by atoms with van der Waals surface area (Å²) in [6, 6.07) is 11.8. The lowest BCUT2D eigenvalue weighted by Gasteiger charge is -2.25. The van der Waals surface area contributed by atoms with E-state index in [-0.39, 0.29) is 6.61 Å². The molecule has 5 aromatic rings. The van der Waals surface area contributed by atoms with Gasteiger partial charge < -0.3 is 35.3 Å². The normalized spacial score (nSPS) is 23.1. The van der Waals surface area contributed by atoms with Crippen molar-refractivity contribution in [3.05, 3.63) is 55.1 Å². The molecule has 12 heteroatoms. The van der Waals surface area contributed by atoms with Crippen LogP contribution in [-0.2, 0) is 4.74 Å². The van der Waals surface area contributed by atoms with Crippen LogP contribution in [0.5, 0.6) is 5.75 Å². The molecule has 5 heterocycles. The van der Waals surface area contributed by atoms with Crippen LogP contribution in [-0.4, -0.2) is 71.5 Å². The Labute approximate surface area is 229 Å². The molecule has 4 aromatic heterocycles. The third kappa shape index (κ3) is 4.12. The van der Waals surface area contributed by atoms with Crippen LogP contribution in [0.3, 0.4) is 0 Å². The van der Waals surface area contributed by atoms with E-state index in [4.69, 9.17) is 20.3 Å². The Morgan fingerprint density at radius 1 is 1.12 bits per heavy atom. The number of aromatic nitrogens is 6. The van der Waals surface area contributed by atoms with Gasteiger partial charge in [0.25, 0.3) is 0 Å². The van der Waals surface area contributed by atoms with Crippen LogP contribution in [0.25, 0.3) is 33.2 Å². The van der Waals surface area contributed by atoms with Gasteiger partial charge in [0.15, 0.2) is 6.23 Å². The molecule has 1 saturated carbocycles. The third-order valence-corrected chi connectivity index (χ3v) is 7.92. The molecular formula is C28H30N8O4. The number of hydrogen-bond donors (Lipinski definition) is 4. The average molecular weight is 543 g/mol. The number of nitrogens with two attached hydrogens (primary N) is 1. The van der Waals surface area contributed by atoms with Crippen LogP contribution >= 0.6 is 0 Å². The molecular weight excluding hydrogens is 512 g/mol. The van der Waals surface area contributed by atoms with E-state index in [2.05, 4.69) is 20.3 Å². The molecule has 1 aromatic carbocycles. The van der Waals surface area contributed by atoms with Gasteiger partial charge in [0.2, 0.25) is 0 Å². The van der Waals surface area contributed by atoms with Crippen molar-refractivity contribution in [2.24, 2.45) is 0 Å². The van der Waals surface area contributed by atoms with Crippen molar-refractivity contribution in [3.8, 4) is 17.0 Å². The van der Waals surface area contributed by atoms with E-state index >= 15 is 0 Å². The third-order valence-electron chi connectivity index (χ3n) is 7.92. The second-order valence-electron chi connectivity index (χ2n) is 10.3. The maximum Gasteiger partial charge on any atom is 0.164 e. The van der Waals surface area contributed by atoms with Crippen molar-refractivity contribution in [2.75, 3.05) is 24.7 Å². The van der Waals surface area contributed by atoms with Gasteiger partial charge in [-0.1, -0.05) is 0 Å². The van der Waals surface area contributed by atoms with Crippen molar-refractivity contribution in [2.45, 2.75) is 49.8 Å². The van der Waals surface area contributed by atoms with E-state index in [1.54, 1.807) is 10.8 Å². The Morgan fingerprint density at radius 2 is 1.98 bits per heavy atom. The largest absolute Gasteiger partial charge is 0.491 e. The molecule has 4 atom stereocenters. The standard InChI is InChI=1S/C28H30N8O4/c1-30-22-8-6-15-5-7-17(11-20(15)33-22)39-13-21-24(37)25(38)28(40-21)35-12-18(23-26(29)31-14-32-27(23)35)19-9-10-36(34-19)16-3-2-4-16/h5-12,14,16,21,24-25,28,37-38H,2-4,13H2,1H3,(H,30,33)(H2,29,31,32)/t21-,24-,25-,28-/m1/s1. The number of anilines is 2. The lowest BCUT2D eigenvalue weighted by atomic mass is 9.93. The smallest absolute Gasteiger partial charge is 0.164 e. The van der Waals surface area contributed by atoms with Crippen molar-refractivity contribution < 1.29 is 19.7 Å². The minimum absolute atomic E-state index is 0.0287. The second kappa shape index (κ2) is 9.73. The summed E-state index contributed by atoms with van der Waals surface area (Å²) in [5.74, 6) is 1.64. The first-order valence-corrected chi connectivity index (χ1v) is 13.4. The fraction of sp³-hybridized carbons (Fsp3) is 0.357. The van der Waals surface area contributed by atoms with Crippen molar-refractivity contribution in [1.82, 2.24) is 29.3 Å². The van der Waals surface area contributed by atoms with E-state index in [1.165, 1.54) is 12.7 Å². The molecule has 7 rings (SSSR count). The maximum atomic E-state index is 11.0. The van der Waals surface area contributed by atoms with E-state index in [0.717, 1.165) is 40.8 Å². The van der Waals surface area contributed by atoms with Gasteiger partial charge in [-0.05, 0) is 49.6 Å². The number of nitrogens with zero attached hydrogens (tertiary/aromatic N) is 6. The topological polar surface area (TPSA) is 158 Å². The lowest BCUT2D eigenvalue weighted by molar-refractivity contribution is -0.0471. The number of aliphatic hydroxyl groups is 2. The Morgan fingerprint density at radius 3 is 2.77 bits per heavy atom. The predicted octanol–water partition coefficient (Wildman–Crippen LogP) is 2.89. The summed E-state index contributed by atoms with van der Waals surface area (Å²) in [6.07, 6.45) is 4.48. The zero-order valence-electron chi connectivity index (χ0n) is 21.9. The van der Waals surface area contributed by atoms with Crippen LogP contribution in [0.15, 0.2) is 55.1 Å². The van der Waals surface area contributed by atoms with Crippen LogP contribution in [0, 0.1) is 0 Å². The summed E-state index contributed by atoms with van der Waals surface area (Å²) in [5, 5.41) is 31.4. The Bertz CT molecular complexity index is 1700. The molecule has 0 unspecified atom stereocenters.